The van der Waals surface area contributed by atoms with Gasteiger partial charge in [0.2, 0.25) is 0 Å². The number of methoxy groups -OCH3 is 2. The third-order valence-corrected chi connectivity index (χ3v) is 3.25. The van der Waals surface area contributed by atoms with Crippen LogP contribution in [0.3, 0.4) is 0 Å². The first-order chi connectivity index (χ1) is 8.51. The van der Waals surface area contributed by atoms with Gasteiger partial charge in [0.05, 0.1) is 14.2 Å². The van der Waals surface area contributed by atoms with Crippen molar-refractivity contribution in [2.45, 2.75) is 13.3 Å². The van der Waals surface area contributed by atoms with Crippen LogP contribution in [-0.4, -0.2) is 38.0 Å². The van der Waals surface area contributed by atoms with Crippen molar-refractivity contribution in [1.82, 2.24) is 4.90 Å². The lowest BCUT2D eigenvalue weighted by Crippen LogP contribution is -2.23. The van der Waals surface area contributed by atoms with Crippen LogP contribution < -0.4 is 9.47 Å². The number of carbonyl (C=O) groups is 1. The molecule has 0 spiro atoms. The van der Waals surface area contributed by atoms with Gasteiger partial charge in [0.15, 0.2) is 0 Å². The molecule has 0 aliphatic rings. The zero-order valence-corrected chi connectivity index (χ0v) is 12.1. The van der Waals surface area contributed by atoms with Crippen LogP contribution in [0.1, 0.15) is 11.1 Å². The van der Waals surface area contributed by atoms with Crippen LogP contribution in [0.4, 0.5) is 4.79 Å². The Morgan fingerprint density at radius 2 is 2.00 bits per heavy atom. The number of likely N-dealkylation sites (N-methyl/N-ethyl adjacent to an activating group) is 1. The molecule has 1 rings (SSSR count). The minimum Gasteiger partial charge on any atom is -0.496 e. The van der Waals surface area contributed by atoms with E-state index < -0.39 is 0 Å². The maximum atomic E-state index is 11.0. The lowest BCUT2D eigenvalue weighted by Gasteiger charge is -2.17. The number of nitrogens with zero attached hydrogens (tertiary/aromatic N) is 1. The summed E-state index contributed by atoms with van der Waals surface area (Å²) in [6.07, 6.45) is 0.719. The lowest BCUT2D eigenvalue weighted by atomic mass is 10.1. The summed E-state index contributed by atoms with van der Waals surface area (Å²) in [7, 11) is 4.99. The van der Waals surface area contributed by atoms with Crippen molar-refractivity contribution in [3.8, 4) is 11.5 Å². The molecule has 18 heavy (non-hydrogen) atoms. The molecule has 1 amide bonds. The fourth-order valence-corrected chi connectivity index (χ4v) is 1.92. The molecule has 100 valence electrons. The number of carbonyl (C=O) groups excluding carboxylic acids is 1. The summed E-state index contributed by atoms with van der Waals surface area (Å²) >= 11 is 3.78. The molecule has 0 saturated heterocycles. The third kappa shape index (κ3) is 3.32. The molecule has 0 unspecified atom stereocenters. The monoisotopic (exact) mass is 269 g/mol. The van der Waals surface area contributed by atoms with Gasteiger partial charge in [-0.15, -0.1) is 0 Å². The number of rotatable bonds is 5. The van der Waals surface area contributed by atoms with Gasteiger partial charge in [0.1, 0.15) is 11.5 Å². The van der Waals surface area contributed by atoms with Gasteiger partial charge in [-0.2, -0.15) is 0 Å². The van der Waals surface area contributed by atoms with E-state index in [1.165, 1.54) is 0 Å². The molecule has 4 nitrogen and oxygen atoms in total. The number of hydrogen-bond acceptors (Lipinski definition) is 3. The van der Waals surface area contributed by atoms with Gasteiger partial charge in [-0.25, -0.2) is 0 Å². The van der Waals surface area contributed by atoms with Gasteiger partial charge < -0.3 is 14.4 Å². The molecule has 1 aromatic rings. The largest absolute Gasteiger partial charge is 0.496 e. The molecule has 5 heteroatoms. The minimum atomic E-state index is -0.237. The zero-order chi connectivity index (χ0) is 13.7. The van der Waals surface area contributed by atoms with Crippen LogP contribution in [0.25, 0.3) is 0 Å². The second-order valence-corrected chi connectivity index (χ2v) is 4.42. The molecule has 0 aliphatic heterocycles. The molecule has 1 aromatic carbocycles. The molecule has 0 fully saturated rings. The smallest absolute Gasteiger partial charge is 0.278 e. The Bertz CT molecular complexity index is 434. The molecule has 0 aliphatic carbocycles. The first-order valence-corrected chi connectivity index (χ1v) is 6.10. The normalized spacial score (nSPS) is 10.1. The molecule has 0 heterocycles. The Hall–Kier alpha value is -1.36. The van der Waals surface area contributed by atoms with Crippen molar-refractivity contribution in [2.75, 3.05) is 27.8 Å². The van der Waals surface area contributed by atoms with Crippen LogP contribution in [-0.2, 0) is 6.42 Å². The predicted molar refractivity (Wildman–Crippen MR) is 75.0 cm³/mol. The van der Waals surface area contributed by atoms with Gasteiger partial charge in [-0.3, -0.25) is 4.79 Å². The van der Waals surface area contributed by atoms with Crippen molar-refractivity contribution in [3.05, 3.63) is 23.3 Å². The second kappa shape index (κ2) is 6.54. The third-order valence-electron chi connectivity index (χ3n) is 2.90. The van der Waals surface area contributed by atoms with E-state index in [0.29, 0.717) is 6.54 Å². The highest BCUT2D eigenvalue weighted by Crippen LogP contribution is 2.31. The second-order valence-electron chi connectivity index (χ2n) is 4.04. The first kappa shape index (κ1) is 14.7. The van der Waals surface area contributed by atoms with Crippen LogP contribution in [0.5, 0.6) is 11.5 Å². The van der Waals surface area contributed by atoms with E-state index in [0.717, 1.165) is 29.0 Å². The van der Waals surface area contributed by atoms with Crippen LogP contribution >= 0.6 is 12.6 Å². The predicted octanol–water partition coefficient (Wildman–Crippen LogP) is 2.54. The Morgan fingerprint density at radius 3 is 2.50 bits per heavy atom. The topological polar surface area (TPSA) is 38.8 Å². The summed E-state index contributed by atoms with van der Waals surface area (Å²) in [5.74, 6) is 1.61. The maximum absolute atomic E-state index is 11.0. The fraction of sp³-hybridized carbons (Fsp3) is 0.462. The molecule has 0 atom stereocenters. The minimum absolute atomic E-state index is 0.237. The van der Waals surface area contributed by atoms with Crippen LogP contribution in [0.15, 0.2) is 12.1 Å². The quantitative estimate of drug-likeness (QED) is 0.835. The highest BCUT2D eigenvalue weighted by molar-refractivity contribution is 7.96. The van der Waals surface area contributed by atoms with Gasteiger partial charge in [-0.1, -0.05) is 18.7 Å². The standard InChI is InChI=1S/C13H19NO3S/c1-9-11(16-3)6-5-10(12(9)17-4)7-8-14(2)13(15)18/h5-6H,7-8H2,1-4H3,(H,15,18). The van der Waals surface area contributed by atoms with Gasteiger partial charge in [0.25, 0.3) is 5.24 Å². The van der Waals surface area contributed by atoms with Gasteiger partial charge in [0, 0.05) is 19.2 Å². The van der Waals surface area contributed by atoms with E-state index >= 15 is 0 Å². The van der Waals surface area contributed by atoms with E-state index in [4.69, 9.17) is 9.47 Å². The molecule has 0 N–H and O–H groups in total. The van der Waals surface area contributed by atoms with Crippen molar-refractivity contribution < 1.29 is 14.3 Å². The molecule has 0 saturated carbocycles. The van der Waals surface area contributed by atoms with Crippen LogP contribution in [0, 0.1) is 6.92 Å². The number of ether oxygens (including phenoxy) is 2. The summed E-state index contributed by atoms with van der Waals surface area (Å²) in [5.41, 5.74) is 2.02. The average Bonchev–Trinajstić information content (AvgIpc) is 2.35. The Morgan fingerprint density at radius 1 is 1.33 bits per heavy atom. The lowest BCUT2D eigenvalue weighted by molar-refractivity contribution is 0.234. The number of thiol groups is 1. The van der Waals surface area contributed by atoms with Crippen LogP contribution in [0.2, 0.25) is 0 Å². The average molecular weight is 269 g/mol. The number of amides is 1. The SMILES string of the molecule is COc1ccc(CCN(C)C(=O)S)c(OC)c1C. The van der Waals surface area contributed by atoms with Gasteiger partial charge >= 0.3 is 0 Å². The highest BCUT2D eigenvalue weighted by Gasteiger charge is 2.12. The summed E-state index contributed by atoms with van der Waals surface area (Å²) in [5, 5.41) is -0.237. The van der Waals surface area contributed by atoms with Crippen molar-refractivity contribution in [1.29, 1.82) is 0 Å². The zero-order valence-electron chi connectivity index (χ0n) is 11.2. The van der Waals surface area contributed by atoms with E-state index in [9.17, 15) is 4.79 Å². The Kier molecular flexibility index (Phi) is 5.34. The molecule has 0 bridgehead atoms. The summed E-state index contributed by atoms with van der Waals surface area (Å²) in [6.45, 7) is 2.55. The Balaban J connectivity index is 2.89. The summed E-state index contributed by atoms with van der Waals surface area (Å²) in [6, 6.07) is 3.87. The summed E-state index contributed by atoms with van der Waals surface area (Å²) < 4.78 is 10.7. The van der Waals surface area contributed by atoms with E-state index in [2.05, 4.69) is 12.6 Å². The first-order valence-electron chi connectivity index (χ1n) is 5.65. The maximum Gasteiger partial charge on any atom is 0.278 e. The van der Waals surface area contributed by atoms with E-state index in [1.807, 2.05) is 19.1 Å². The summed E-state index contributed by atoms with van der Waals surface area (Å²) in [4.78, 5) is 12.6. The Labute approximate surface area is 113 Å². The van der Waals surface area contributed by atoms with Crippen molar-refractivity contribution in [3.63, 3.8) is 0 Å². The number of benzene rings is 1. The van der Waals surface area contributed by atoms with Gasteiger partial charge in [-0.05, 0) is 25.0 Å². The fourth-order valence-electron chi connectivity index (χ4n) is 1.82. The van der Waals surface area contributed by atoms with Crippen molar-refractivity contribution in [2.24, 2.45) is 0 Å². The number of hydrogen-bond donors (Lipinski definition) is 1. The molecule has 0 aromatic heterocycles. The molecule has 0 radical (unpaired) electrons. The van der Waals surface area contributed by atoms with E-state index in [1.54, 1.807) is 26.2 Å². The highest BCUT2D eigenvalue weighted by atomic mass is 32.1. The van der Waals surface area contributed by atoms with Crippen molar-refractivity contribution >= 4 is 17.9 Å². The molecular formula is C13H19NO3S. The molecular weight excluding hydrogens is 250 g/mol. The van der Waals surface area contributed by atoms with E-state index in [-0.39, 0.29) is 5.24 Å².